The molecule has 19 heavy (non-hydrogen) atoms. The summed E-state index contributed by atoms with van der Waals surface area (Å²) >= 11 is 0. The summed E-state index contributed by atoms with van der Waals surface area (Å²) in [6.07, 6.45) is 0.786. The van der Waals surface area contributed by atoms with Crippen LogP contribution in [0.4, 0.5) is 5.95 Å². The fraction of sp³-hybridized carbons (Fsp3) is 0.385. The van der Waals surface area contributed by atoms with Crippen molar-refractivity contribution in [1.82, 2.24) is 15.3 Å². The summed E-state index contributed by atoms with van der Waals surface area (Å²) in [4.78, 5) is 19.5. The van der Waals surface area contributed by atoms with Gasteiger partial charge in [-0.1, -0.05) is 12.1 Å². The maximum Gasteiger partial charge on any atom is 0.243 e. The van der Waals surface area contributed by atoms with E-state index in [1.54, 1.807) is 7.11 Å². The number of methoxy groups -OCH3 is 1. The number of carbonyl (C=O) groups is 1. The van der Waals surface area contributed by atoms with Crippen molar-refractivity contribution in [2.45, 2.75) is 18.6 Å². The quantitative estimate of drug-likeness (QED) is 0.765. The van der Waals surface area contributed by atoms with E-state index >= 15 is 0 Å². The molecule has 0 aliphatic carbocycles. The number of nitrogens with zero attached hydrogens (tertiary/aromatic N) is 1. The number of H-pyrrole nitrogens is 1. The summed E-state index contributed by atoms with van der Waals surface area (Å²) in [5, 5.41) is 5.93. The molecule has 3 N–H and O–H groups in total. The third kappa shape index (κ3) is 2.45. The van der Waals surface area contributed by atoms with Crippen molar-refractivity contribution >= 4 is 22.9 Å². The van der Waals surface area contributed by atoms with Gasteiger partial charge in [0.1, 0.15) is 0 Å². The molecule has 100 valence electrons. The molecular formula is C13H16N4O2. The summed E-state index contributed by atoms with van der Waals surface area (Å²) < 4.78 is 5.22. The van der Waals surface area contributed by atoms with Crippen LogP contribution >= 0.6 is 0 Å². The Bertz CT molecular complexity index is 562. The van der Waals surface area contributed by atoms with Crippen LogP contribution in [0, 0.1) is 0 Å². The van der Waals surface area contributed by atoms with Crippen LogP contribution in [0.15, 0.2) is 24.3 Å². The molecule has 0 radical (unpaired) electrons. The number of para-hydroxylation sites is 2. The Morgan fingerprint density at radius 2 is 2.32 bits per heavy atom. The second kappa shape index (κ2) is 4.99. The monoisotopic (exact) mass is 260 g/mol. The molecule has 6 nitrogen and oxygen atoms in total. The van der Waals surface area contributed by atoms with Crippen molar-refractivity contribution in [1.29, 1.82) is 0 Å². The van der Waals surface area contributed by atoms with Gasteiger partial charge in [0, 0.05) is 13.7 Å². The number of carbonyl (C=O) groups excluding carboxylic acids is 1. The number of ether oxygens (including phenoxy) is 1. The minimum atomic E-state index is -0.224. The Labute approximate surface area is 110 Å². The van der Waals surface area contributed by atoms with E-state index in [1.165, 1.54) is 0 Å². The van der Waals surface area contributed by atoms with E-state index in [2.05, 4.69) is 20.6 Å². The molecule has 1 aliphatic rings. The first-order chi connectivity index (χ1) is 9.26. The number of benzene rings is 1. The largest absolute Gasteiger partial charge is 0.380 e. The zero-order valence-corrected chi connectivity index (χ0v) is 10.6. The minimum absolute atomic E-state index is 0.0846. The molecule has 6 heteroatoms. The topological polar surface area (TPSA) is 79.0 Å². The van der Waals surface area contributed by atoms with Gasteiger partial charge in [-0.15, -0.1) is 0 Å². The fourth-order valence-electron chi connectivity index (χ4n) is 2.30. The molecular weight excluding hydrogens is 244 g/mol. The predicted octanol–water partition coefficient (Wildman–Crippen LogP) is 0.878. The number of amides is 1. The molecule has 1 amide bonds. The predicted molar refractivity (Wildman–Crippen MR) is 71.9 cm³/mol. The SMILES string of the molecule is CO[C@@H]1CN[C@H](C(=O)Nc2nc3ccccc3[nH]2)C1. The van der Waals surface area contributed by atoms with E-state index in [0.29, 0.717) is 18.9 Å². The number of nitrogens with one attached hydrogen (secondary N) is 3. The van der Waals surface area contributed by atoms with Crippen LogP contribution in [-0.4, -0.2) is 41.7 Å². The van der Waals surface area contributed by atoms with Gasteiger partial charge in [-0.3, -0.25) is 10.1 Å². The number of aromatic amines is 1. The van der Waals surface area contributed by atoms with Crippen molar-refractivity contribution in [3.63, 3.8) is 0 Å². The highest BCUT2D eigenvalue weighted by atomic mass is 16.5. The summed E-state index contributed by atoms with van der Waals surface area (Å²) in [6.45, 7) is 0.703. The van der Waals surface area contributed by atoms with Gasteiger partial charge < -0.3 is 15.0 Å². The van der Waals surface area contributed by atoms with Gasteiger partial charge in [-0.2, -0.15) is 0 Å². The normalized spacial score (nSPS) is 22.8. The van der Waals surface area contributed by atoms with E-state index in [0.717, 1.165) is 11.0 Å². The maximum atomic E-state index is 12.1. The first kappa shape index (κ1) is 12.1. The smallest absolute Gasteiger partial charge is 0.243 e. The number of fused-ring (bicyclic) bond motifs is 1. The van der Waals surface area contributed by atoms with Crippen LogP contribution in [0.2, 0.25) is 0 Å². The number of hydrogen-bond acceptors (Lipinski definition) is 4. The Morgan fingerprint density at radius 1 is 1.47 bits per heavy atom. The van der Waals surface area contributed by atoms with Crippen LogP contribution in [0.3, 0.4) is 0 Å². The lowest BCUT2D eigenvalue weighted by Crippen LogP contribution is -2.35. The highest BCUT2D eigenvalue weighted by molar-refractivity contribution is 5.95. The number of anilines is 1. The lowest BCUT2D eigenvalue weighted by atomic mass is 10.2. The number of hydrogen-bond donors (Lipinski definition) is 3. The lowest BCUT2D eigenvalue weighted by Gasteiger charge is -2.09. The first-order valence-corrected chi connectivity index (χ1v) is 6.28. The van der Waals surface area contributed by atoms with Crippen molar-refractivity contribution in [3.05, 3.63) is 24.3 Å². The summed E-state index contributed by atoms with van der Waals surface area (Å²) in [6, 6.07) is 7.44. The van der Waals surface area contributed by atoms with Crippen LogP contribution < -0.4 is 10.6 Å². The lowest BCUT2D eigenvalue weighted by molar-refractivity contribution is -0.118. The molecule has 2 aromatic rings. The molecule has 1 saturated heterocycles. The van der Waals surface area contributed by atoms with E-state index in [1.807, 2.05) is 24.3 Å². The maximum absolute atomic E-state index is 12.1. The molecule has 1 aromatic heterocycles. The number of aromatic nitrogens is 2. The van der Waals surface area contributed by atoms with Crippen LogP contribution in [0.25, 0.3) is 11.0 Å². The molecule has 1 aliphatic heterocycles. The zero-order valence-electron chi connectivity index (χ0n) is 10.6. The first-order valence-electron chi connectivity index (χ1n) is 6.28. The standard InChI is InChI=1S/C13H16N4O2/c1-19-8-6-11(14-7-8)12(18)17-13-15-9-4-2-3-5-10(9)16-13/h2-5,8,11,14H,6-7H2,1H3,(H2,15,16,17,18)/t8-,11-/m0/s1. The molecule has 0 spiro atoms. The molecule has 0 bridgehead atoms. The van der Waals surface area contributed by atoms with E-state index in [-0.39, 0.29) is 18.1 Å². The van der Waals surface area contributed by atoms with Crippen LogP contribution in [-0.2, 0) is 9.53 Å². The average Bonchev–Trinajstić information content (AvgIpc) is 3.04. The van der Waals surface area contributed by atoms with Crippen LogP contribution in [0.5, 0.6) is 0 Å². The van der Waals surface area contributed by atoms with Crippen LogP contribution in [0.1, 0.15) is 6.42 Å². The van der Waals surface area contributed by atoms with Gasteiger partial charge in [-0.25, -0.2) is 4.98 Å². The van der Waals surface area contributed by atoms with Crippen molar-refractivity contribution in [2.75, 3.05) is 19.0 Å². The van der Waals surface area contributed by atoms with E-state index < -0.39 is 0 Å². The third-order valence-electron chi connectivity index (χ3n) is 3.37. The molecule has 2 heterocycles. The number of imidazole rings is 1. The Balaban J connectivity index is 1.69. The van der Waals surface area contributed by atoms with Gasteiger partial charge in [0.15, 0.2) is 0 Å². The molecule has 3 rings (SSSR count). The highest BCUT2D eigenvalue weighted by Crippen LogP contribution is 2.15. The Kier molecular flexibility index (Phi) is 3.18. The van der Waals surface area contributed by atoms with Gasteiger partial charge >= 0.3 is 0 Å². The number of rotatable bonds is 3. The summed E-state index contributed by atoms with van der Waals surface area (Å²) in [7, 11) is 1.66. The van der Waals surface area contributed by atoms with Gasteiger partial charge in [-0.05, 0) is 18.6 Å². The van der Waals surface area contributed by atoms with Gasteiger partial charge in [0.05, 0.1) is 23.2 Å². The Hall–Kier alpha value is -1.92. The van der Waals surface area contributed by atoms with Gasteiger partial charge in [0.2, 0.25) is 11.9 Å². The summed E-state index contributed by atoms with van der Waals surface area (Å²) in [5.41, 5.74) is 1.75. The summed E-state index contributed by atoms with van der Waals surface area (Å²) in [5.74, 6) is 0.396. The molecule has 0 unspecified atom stereocenters. The van der Waals surface area contributed by atoms with Crippen molar-refractivity contribution in [3.8, 4) is 0 Å². The molecule has 0 saturated carbocycles. The second-order valence-corrected chi connectivity index (χ2v) is 4.65. The third-order valence-corrected chi connectivity index (χ3v) is 3.37. The van der Waals surface area contributed by atoms with Crippen molar-refractivity contribution in [2.24, 2.45) is 0 Å². The average molecular weight is 260 g/mol. The zero-order chi connectivity index (χ0) is 13.2. The van der Waals surface area contributed by atoms with Crippen molar-refractivity contribution < 1.29 is 9.53 Å². The molecule has 2 atom stereocenters. The fourth-order valence-corrected chi connectivity index (χ4v) is 2.30. The second-order valence-electron chi connectivity index (χ2n) is 4.65. The van der Waals surface area contributed by atoms with E-state index in [9.17, 15) is 4.79 Å². The highest BCUT2D eigenvalue weighted by Gasteiger charge is 2.29. The Morgan fingerprint density at radius 3 is 3.05 bits per heavy atom. The minimum Gasteiger partial charge on any atom is -0.380 e. The van der Waals surface area contributed by atoms with E-state index in [4.69, 9.17) is 4.74 Å². The van der Waals surface area contributed by atoms with Gasteiger partial charge in [0.25, 0.3) is 0 Å². The molecule has 1 fully saturated rings. The molecule has 1 aromatic carbocycles.